The van der Waals surface area contributed by atoms with Gasteiger partial charge in [0.25, 0.3) is 0 Å². The number of hydrogen-bond acceptors (Lipinski definition) is 2. The minimum Gasteiger partial charge on any atom is -0.332 e. The van der Waals surface area contributed by atoms with E-state index in [1.165, 1.54) is 6.92 Å². The quantitative estimate of drug-likeness (QED) is 0.702. The molecule has 1 aliphatic heterocycles. The van der Waals surface area contributed by atoms with Gasteiger partial charge >= 0.3 is 0 Å². The molecule has 84 valence electrons. The van der Waals surface area contributed by atoms with Crippen molar-refractivity contribution in [3.63, 3.8) is 0 Å². The molecule has 1 aromatic rings. The number of carbonyl (C=O) groups excluding carboxylic acids is 2. The van der Waals surface area contributed by atoms with Crippen LogP contribution in [0.2, 0.25) is 0 Å². The van der Waals surface area contributed by atoms with E-state index in [0.29, 0.717) is 13.1 Å². The highest BCUT2D eigenvalue weighted by atomic mass is 16.2. The maximum Gasteiger partial charge on any atom is 0.246 e. The Morgan fingerprint density at radius 1 is 1.19 bits per heavy atom. The van der Waals surface area contributed by atoms with Crippen LogP contribution in [-0.4, -0.2) is 36.3 Å². The fourth-order valence-electron chi connectivity index (χ4n) is 1.82. The van der Waals surface area contributed by atoms with E-state index in [1.807, 2.05) is 30.3 Å². The van der Waals surface area contributed by atoms with Gasteiger partial charge in [-0.05, 0) is 12.1 Å². The van der Waals surface area contributed by atoms with Crippen LogP contribution in [0.5, 0.6) is 0 Å². The molecule has 0 saturated carbocycles. The second-order valence-corrected chi connectivity index (χ2v) is 3.82. The van der Waals surface area contributed by atoms with Crippen LogP contribution < -0.4 is 4.90 Å². The molecule has 0 bridgehead atoms. The van der Waals surface area contributed by atoms with E-state index in [9.17, 15) is 9.59 Å². The maximum atomic E-state index is 11.8. The Hall–Kier alpha value is -1.84. The Bertz CT molecular complexity index is 403. The van der Waals surface area contributed by atoms with Crippen LogP contribution in [0.4, 0.5) is 5.69 Å². The zero-order valence-corrected chi connectivity index (χ0v) is 9.22. The van der Waals surface area contributed by atoms with Crippen LogP contribution in [0.1, 0.15) is 6.92 Å². The standard InChI is InChI=1S/C12H14N2O2/c1-10(15)13-7-8-14(12(16)9-13)11-5-3-2-4-6-11/h2-6H,7-9H2,1H3. The summed E-state index contributed by atoms with van der Waals surface area (Å²) in [6.45, 7) is 2.86. The SMILES string of the molecule is CC(=O)N1CCN(c2ccccc2)C(=O)C1. The minimum atomic E-state index is -0.0407. The van der Waals surface area contributed by atoms with Crippen LogP contribution in [0.25, 0.3) is 0 Å². The molecule has 0 aliphatic carbocycles. The molecule has 1 aromatic carbocycles. The summed E-state index contributed by atoms with van der Waals surface area (Å²) in [4.78, 5) is 26.3. The highest BCUT2D eigenvalue weighted by Gasteiger charge is 2.25. The van der Waals surface area contributed by atoms with Gasteiger partial charge in [0.2, 0.25) is 11.8 Å². The first-order valence-electron chi connectivity index (χ1n) is 5.29. The first kappa shape index (κ1) is 10.7. The van der Waals surface area contributed by atoms with Gasteiger partial charge in [-0.25, -0.2) is 0 Å². The summed E-state index contributed by atoms with van der Waals surface area (Å²) in [5, 5.41) is 0. The van der Waals surface area contributed by atoms with Crippen LogP contribution in [0, 0.1) is 0 Å². The van der Waals surface area contributed by atoms with Gasteiger partial charge in [0.05, 0.1) is 0 Å². The van der Waals surface area contributed by atoms with Crippen molar-refractivity contribution in [3.05, 3.63) is 30.3 Å². The zero-order valence-electron chi connectivity index (χ0n) is 9.22. The van der Waals surface area contributed by atoms with Crippen molar-refractivity contribution >= 4 is 17.5 Å². The van der Waals surface area contributed by atoms with Gasteiger partial charge in [0.1, 0.15) is 6.54 Å². The van der Waals surface area contributed by atoms with Crippen molar-refractivity contribution in [3.8, 4) is 0 Å². The zero-order chi connectivity index (χ0) is 11.5. The third-order valence-corrected chi connectivity index (χ3v) is 2.73. The van der Waals surface area contributed by atoms with Gasteiger partial charge < -0.3 is 9.80 Å². The van der Waals surface area contributed by atoms with Gasteiger partial charge in [-0.15, -0.1) is 0 Å². The summed E-state index contributed by atoms with van der Waals surface area (Å²) in [6, 6.07) is 9.53. The van der Waals surface area contributed by atoms with E-state index in [0.717, 1.165) is 5.69 Å². The summed E-state index contributed by atoms with van der Waals surface area (Å²) in [7, 11) is 0. The third-order valence-electron chi connectivity index (χ3n) is 2.73. The second-order valence-electron chi connectivity index (χ2n) is 3.82. The molecular weight excluding hydrogens is 204 g/mol. The van der Waals surface area contributed by atoms with Crippen molar-refractivity contribution in [1.82, 2.24) is 4.90 Å². The van der Waals surface area contributed by atoms with Gasteiger partial charge in [-0.1, -0.05) is 18.2 Å². The number of rotatable bonds is 1. The van der Waals surface area contributed by atoms with E-state index < -0.39 is 0 Å². The summed E-state index contributed by atoms with van der Waals surface area (Å²) in [5.41, 5.74) is 0.899. The molecule has 0 spiro atoms. The Kier molecular flexibility index (Phi) is 2.90. The second kappa shape index (κ2) is 4.35. The predicted molar refractivity (Wildman–Crippen MR) is 61.0 cm³/mol. The van der Waals surface area contributed by atoms with Gasteiger partial charge in [0, 0.05) is 25.7 Å². The van der Waals surface area contributed by atoms with E-state index >= 15 is 0 Å². The molecule has 1 fully saturated rings. The number of anilines is 1. The normalized spacial score (nSPS) is 16.4. The van der Waals surface area contributed by atoms with E-state index in [2.05, 4.69) is 0 Å². The Morgan fingerprint density at radius 3 is 2.44 bits per heavy atom. The molecule has 0 radical (unpaired) electrons. The fourth-order valence-corrected chi connectivity index (χ4v) is 1.82. The Balaban J connectivity index is 2.11. The van der Waals surface area contributed by atoms with E-state index in [-0.39, 0.29) is 18.4 Å². The molecular formula is C12H14N2O2. The molecule has 1 heterocycles. The number of amides is 2. The third kappa shape index (κ3) is 2.05. The Labute approximate surface area is 94.5 Å². The van der Waals surface area contributed by atoms with Gasteiger partial charge in [-0.2, -0.15) is 0 Å². The minimum absolute atomic E-state index is 0.0207. The first-order chi connectivity index (χ1) is 7.68. The summed E-state index contributed by atoms with van der Waals surface area (Å²) in [5.74, 6) is -0.0614. The van der Waals surface area contributed by atoms with Crippen molar-refractivity contribution in [2.45, 2.75) is 6.92 Å². The molecule has 0 atom stereocenters. The largest absolute Gasteiger partial charge is 0.332 e. The smallest absolute Gasteiger partial charge is 0.246 e. The number of hydrogen-bond donors (Lipinski definition) is 0. The number of para-hydroxylation sites is 1. The van der Waals surface area contributed by atoms with Crippen molar-refractivity contribution in [2.75, 3.05) is 24.5 Å². The lowest BCUT2D eigenvalue weighted by Gasteiger charge is -2.33. The molecule has 2 amide bonds. The fraction of sp³-hybridized carbons (Fsp3) is 0.333. The topological polar surface area (TPSA) is 40.6 Å². The lowest BCUT2D eigenvalue weighted by Crippen LogP contribution is -2.51. The van der Waals surface area contributed by atoms with Gasteiger partial charge in [0.15, 0.2) is 0 Å². The van der Waals surface area contributed by atoms with Crippen LogP contribution >= 0.6 is 0 Å². The maximum absolute atomic E-state index is 11.8. The molecule has 4 nitrogen and oxygen atoms in total. The molecule has 2 rings (SSSR count). The van der Waals surface area contributed by atoms with Crippen molar-refractivity contribution < 1.29 is 9.59 Å². The first-order valence-corrected chi connectivity index (χ1v) is 5.29. The van der Waals surface area contributed by atoms with Crippen LogP contribution in [-0.2, 0) is 9.59 Å². The molecule has 4 heteroatoms. The molecule has 0 aromatic heterocycles. The highest BCUT2D eigenvalue weighted by Crippen LogP contribution is 2.16. The van der Waals surface area contributed by atoms with Crippen LogP contribution in [0.3, 0.4) is 0 Å². The summed E-state index contributed by atoms with van der Waals surface area (Å²) in [6.07, 6.45) is 0. The van der Waals surface area contributed by atoms with E-state index in [1.54, 1.807) is 9.80 Å². The lowest BCUT2D eigenvalue weighted by atomic mass is 10.2. The number of nitrogens with zero attached hydrogens (tertiary/aromatic N) is 2. The Morgan fingerprint density at radius 2 is 1.88 bits per heavy atom. The summed E-state index contributed by atoms with van der Waals surface area (Å²) >= 11 is 0. The number of benzene rings is 1. The van der Waals surface area contributed by atoms with Crippen LogP contribution in [0.15, 0.2) is 30.3 Å². The van der Waals surface area contributed by atoms with Crippen molar-refractivity contribution in [2.24, 2.45) is 0 Å². The molecule has 0 N–H and O–H groups in total. The number of carbonyl (C=O) groups is 2. The van der Waals surface area contributed by atoms with Crippen molar-refractivity contribution in [1.29, 1.82) is 0 Å². The lowest BCUT2D eigenvalue weighted by molar-refractivity contribution is -0.135. The van der Waals surface area contributed by atoms with Gasteiger partial charge in [-0.3, -0.25) is 9.59 Å². The average Bonchev–Trinajstić information content (AvgIpc) is 2.30. The summed E-state index contributed by atoms with van der Waals surface area (Å²) < 4.78 is 0. The monoisotopic (exact) mass is 218 g/mol. The highest BCUT2D eigenvalue weighted by molar-refractivity contribution is 5.97. The molecule has 1 saturated heterocycles. The van der Waals surface area contributed by atoms with E-state index in [4.69, 9.17) is 0 Å². The average molecular weight is 218 g/mol. The molecule has 1 aliphatic rings. The molecule has 0 unspecified atom stereocenters. The predicted octanol–water partition coefficient (Wildman–Crippen LogP) is 0.882. The number of piperazine rings is 1. The molecule has 16 heavy (non-hydrogen) atoms.